The second-order valence-electron chi connectivity index (χ2n) is 7.02. The first-order valence-electron chi connectivity index (χ1n) is 9.53. The lowest BCUT2D eigenvalue weighted by Crippen LogP contribution is -2.43. The third kappa shape index (κ3) is 4.94. The normalized spacial score (nSPS) is 17.0. The van der Waals surface area contributed by atoms with E-state index in [4.69, 9.17) is 9.47 Å². The summed E-state index contributed by atoms with van der Waals surface area (Å²) < 4.78 is 37.9. The molecule has 1 fully saturated rings. The zero-order valence-electron chi connectivity index (χ0n) is 17.1. The zero-order valence-corrected chi connectivity index (χ0v) is 17.9. The number of anilines is 1. The Morgan fingerprint density at radius 3 is 2.58 bits per heavy atom. The number of piperidine rings is 1. The van der Waals surface area contributed by atoms with E-state index < -0.39 is 20.9 Å². The molecule has 10 nitrogen and oxygen atoms in total. The molecule has 3 rings (SSSR count). The Morgan fingerprint density at radius 1 is 1.16 bits per heavy atom. The highest BCUT2D eigenvalue weighted by atomic mass is 32.2. The molecule has 0 spiro atoms. The number of hydrogen-bond donors (Lipinski definition) is 1. The van der Waals surface area contributed by atoms with Gasteiger partial charge in [0.2, 0.25) is 15.9 Å². The van der Waals surface area contributed by atoms with Crippen LogP contribution >= 0.6 is 0 Å². The number of nitro groups is 1. The number of amides is 1. The monoisotopic (exact) mass is 449 g/mol. The van der Waals surface area contributed by atoms with Gasteiger partial charge in [-0.15, -0.1) is 0 Å². The molecule has 31 heavy (non-hydrogen) atoms. The molecule has 2 aromatic carbocycles. The van der Waals surface area contributed by atoms with Gasteiger partial charge in [0.25, 0.3) is 5.69 Å². The molecule has 0 aromatic heterocycles. The van der Waals surface area contributed by atoms with Crippen LogP contribution in [-0.2, 0) is 14.8 Å². The summed E-state index contributed by atoms with van der Waals surface area (Å²) in [5.41, 5.74) is 0.151. The predicted molar refractivity (Wildman–Crippen MR) is 113 cm³/mol. The van der Waals surface area contributed by atoms with Crippen molar-refractivity contribution in [3.63, 3.8) is 0 Å². The molecule has 1 unspecified atom stereocenters. The molecule has 2 aromatic rings. The van der Waals surface area contributed by atoms with Crippen LogP contribution in [-0.4, -0.2) is 50.9 Å². The lowest BCUT2D eigenvalue weighted by molar-refractivity contribution is -0.384. The van der Waals surface area contributed by atoms with Crippen LogP contribution in [0.15, 0.2) is 47.4 Å². The minimum atomic E-state index is -3.85. The molecule has 0 bridgehead atoms. The van der Waals surface area contributed by atoms with Crippen LogP contribution in [0.2, 0.25) is 0 Å². The first kappa shape index (κ1) is 22.5. The second-order valence-corrected chi connectivity index (χ2v) is 8.95. The summed E-state index contributed by atoms with van der Waals surface area (Å²) in [5, 5.41) is 13.6. The van der Waals surface area contributed by atoms with E-state index in [2.05, 4.69) is 5.32 Å². The molecule has 1 heterocycles. The van der Waals surface area contributed by atoms with Crippen LogP contribution in [0.4, 0.5) is 11.4 Å². The summed E-state index contributed by atoms with van der Waals surface area (Å²) in [5.74, 6) is -0.259. The average molecular weight is 449 g/mol. The van der Waals surface area contributed by atoms with Gasteiger partial charge in [-0.2, -0.15) is 4.31 Å². The van der Waals surface area contributed by atoms with E-state index in [9.17, 15) is 23.3 Å². The summed E-state index contributed by atoms with van der Waals surface area (Å²) in [4.78, 5) is 23.1. The van der Waals surface area contributed by atoms with Gasteiger partial charge in [-0.3, -0.25) is 14.9 Å². The highest BCUT2D eigenvalue weighted by Gasteiger charge is 2.34. The van der Waals surface area contributed by atoms with Crippen molar-refractivity contribution < 1.29 is 27.6 Å². The molecule has 166 valence electrons. The van der Waals surface area contributed by atoms with E-state index in [1.54, 1.807) is 6.07 Å². The fraction of sp³-hybridized carbons (Fsp3) is 0.350. The summed E-state index contributed by atoms with van der Waals surface area (Å²) >= 11 is 0. The number of rotatable bonds is 7. The molecule has 0 saturated carbocycles. The van der Waals surface area contributed by atoms with Crippen molar-refractivity contribution in [1.82, 2.24) is 4.31 Å². The average Bonchev–Trinajstić information content (AvgIpc) is 2.78. The van der Waals surface area contributed by atoms with Crippen molar-refractivity contribution in [3.8, 4) is 11.5 Å². The maximum Gasteiger partial charge on any atom is 0.271 e. The molecule has 1 atom stereocenters. The molecule has 0 aliphatic carbocycles. The maximum atomic E-state index is 13.1. The van der Waals surface area contributed by atoms with Crippen LogP contribution in [0.3, 0.4) is 0 Å². The summed E-state index contributed by atoms with van der Waals surface area (Å²) in [7, 11) is -0.969. The molecule has 11 heteroatoms. The molecule has 1 amide bonds. The smallest absolute Gasteiger partial charge is 0.271 e. The van der Waals surface area contributed by atoms with Gasteiger partial charge >= 0.3 is 0 Å². The Morgan fingerprint density at radius 2 is 1.90 bits per heavy atom. The summed E-state index contributed by atoms with van der Waals surface area (Å²) in [6.45, 7) is 0.300. The minimum absolute atomic E-state index is 0.0113. The molecule has 1 aliphatic heterocycles. The number of carbonyl (C=O) groups excluding carboxylic acids is 1. The lowest BCUT2D eigenvalue weighted by Gasteiger charge is -2.31. The number of nitrogens with zero attached hydrogens (tertiary/aromatic N) is 2. The van der Waals surface area contributed by atoms with Crippen LogP contribution in [0.25, 0.3) is 0 Å². The van der Waals surface area contributed by atoms with Crippen molar-refractivity contribution in [1.29, 1.82) is 0 Å². The SMILES string of the molecule is COc1ccc(S(=O)(=O)N2CCCC(C(=O)Nc3cccc([N+](=O)[O-])c3)C2)cc1OC. The maximum absolute atomic E-state index is 13.1. The third-order valence-corrected chi connectivity index (χ3v) is 6.93. The number of ether oxygens (including phenoxy) is 2. The van der Waals surface area contributed by atoms with Gasteiger partial charge in [-0.1, -0.05) is 6.07 Å². The van der Waals surface area contributed by atoms with Crippen LogP contribution in [0.5, 0.6) is 11.5 Å². The molecule has 0 radical (unpaired) electrons. The van der Waals surface area contributed by atoms with Gasteiger partial charge in [0.15, 0.2) is 11.5 Å². The Kier molecular flexibility index (Phi) is 6.76. The Bertz CT molecular complexity index is 1090. The summed E-state index contributed by atoms with van der Waals surface area (Å²) in [6.07, 6.45) is 1.03. The largest absolute Gasteiger partial charge is 0.493 e. The third-order valence-electron chi connectivity index (χ3n) is 5.07. The number of nitrogens with one attached hydrogen (secondary N) is 1. The van der Waals surface area contributed by atoms with E-state index >= 15 is 0 Å². The van der Waals surface area contributed by atoms with E-state index in [0.717, 1.165) is 0 Å². The quantitative estimate of drug-likeness (QED) is 0.508. The van der Waals surface area contributed by atoms with E-state index in [-0.39, 0.29) is 29.6 Å². The van der Waals surface area contributed by atoms with Crippen molar-refractivity contribution >= 4 is 27.3 Å². The Labute approximate surface area is 180 Å². The van der Waals surface area contributed by atoms with Gasteiger partial charge in [0.1, 0.15) is 0 Å². The van der Waals surface area contributed by atoms with Gasteiger partial charge in [0.05, 0.1) is 30.0 Å². The first-order valence-corrected chi connectivity index (χ1v) is 11.0. The van der Waals surface area contributed by atoms with Crippen LogP contribution in [0.1, 0.15) is 12.8 Å². The van der Waals surface area contributed by atoms with E-state index in [1.807, 2.05) is 0 Å². The number of benzene rings is 2. The molecular weight excluding hydrogens is 426 g/mol. The Hall–Kier alpha value is -3.18. The number of hydrogen-bond acceptors (Lipinski definition) is 7. The van der Waals surface area contributed by atoms with Gasteiger partial charge in [-0.05, 0) is 31.0 Å². The second kappa shape index (κ2) is 9.31. The van der Waals surface area contributed by atoms with Crippen molar-refractivity contribution in [2.24, 2.45) is 5.92 Å². The highest BCUT2D eigenvalue weighted by Crippen LogP contribution is 2.32. The molecule has 1 saturated heterocycles. The van der Waals surface area contributed by atoms with Crippen molar-refractivity contribution in [2.75, 3.05) is 32.6 Å². The van der Waals surface area contributed by atoms with E-state index in [0.29, 0.717) is 30.0 Å². The number of nitro benzene ring substituents is 1. The van der Waals surface area contributed by atoms with Gasteiger partial charge in [-0.25, -0.2) is 8.42 Å². The molecular formula is C20H23N3O7S. The standard InChI is InChI=1S/C20H23N3O7S/c1-29-18-9-8-17(12-19(18)30-2)31(27,28)22-10-4-5-14(13-22)20(24)21-15-6-3-7-16(11-15)23(25)26/h3,6-9,11-12,14H,4-5,10,13H2,1-2H3,(H,21,24). The molecule has 1 N–H and O–H groups in total. The lowest BCUT2D eigenvalue weighted by atomic mass is 9.98. The minimum Gasteiger partial charge on any atom is -0.493 e. The summed E-state index contributed by atoms with van der Waals surface area (Å²) in [6, 6.07) is 9.95. The number of non-ortho nitro benzene ring substituents is 1. The number of sulfonamides is 1. The number of carbonyl (C=O) groups is 1. The van der Waals surface area contributed by atoms with Crippen molar-refractivity contribution in [2.45, 2.75) is 17.7 Å². The van der Waals surface area contributed by atoms with Gasteiger partial charge < -0.3 is 14.8 Å². The fourth-order valence-electron chi connectivity index (χ4n) is 3.44. The van der Waals surface area contributed by atoms with Crippen molar-refractivity contribution in [3.05, 3.63) is 52.6 Å². The Balaban J connectivity index is 1.75. The van der Waals surface area contributed by atoms with Gasteiger partial charge in [0, 0.05) is 37.0 Å². The predicted octanol–water partition coefficient (Wildman–Crippen LogP) is 2.65. The first-order chi connectivity index (χ1) is 14.8. The topological polar surface area (TPSA) is 128 Å². The van der Waals surface area contributed by atoms with E-state index in [1.165, 1.54) is 54.9 Å². The molecule has 1 aliphatic rings. The highest BCUT2D eigenvalue weighted by molar-refractivity contribution is 7.89. The van der Waals surface area contributed by atoms with Crippen LogP contribution in [0, 0.1) is 16.0 Å². The fourth-order valence-corrected chi connectivity index (χ4v) is 4.98. The zero-order chi connectivity index (χ0) is 22.6. The van der Waals surface area contributed by atoms with Crippen LogP contribution < -0.4 is 14.8 Å². The number of methoxy groups -OCH3 is 2.